The molecule has 4 rings (SSSR count). The lowest BCUT2D eigenvalue weighted by Crippen LogP contribution is -2.46. The molecule has 0 spiro atoms. The summed E-state index contributed by atoms with van der Waals surface area (Å²) in [7, 11) is 0. The van der Waals surface area contributed by atoms with Crippen LogP contribution in [-0.4, -0.2) is 33.2 Å². The lowest BCUT2D eigenvalue weighted by atomic mass is 9.94. The van der Waals surface area contributed by atoms with Crippen molar-refractivity contribution in [3.63, 3.8) is 0 Å². The molecule has 0 saturated heterocycles. The van der Waals surface area contributed by atoms with Gasteiger partial charge >= 0.3 is 6.03 Å². The van der Waals surface area contributed by atoms with Crippen LogP contribution in [0.25, 0.3) is 11.3 Å². The zero-order valence-corrected chi connectivity index (χ0v) is 15.5. The molecular formula is C20H16F3N5O2. The van der Waals surface area contributed by atoms with Gasteiger partial charge in [-0.3, -0.25) is 9.48 Å². The Balaban J connectivity index is 2.02. The molecule has 3 amide bonds. The third-order valence-electron chi connectivity index (χ3n) is 5.00. The van der Waals surface area contributed by atoms with Gasteiger partial charge in [0.05, 0.1) is 17.8 Å². The van der Waals surface area contributed by atoms with E-state index >= 15 is 0 Å². The van der Waals surface area contributed by atoms with Gasteiger partial charge in [0.1, 0.15) is 29.2 Å². The van der Waals surface area contributed by atoms with Gasteiger partial charge in [-0.25, -0.2) is 18.0 Å². The number of nitrogens with two attached hydrogens (primary N) is 2. The van der Waals surface area contributed by atoms with Crippen LogP contribution in [0.1, 0.15) is 27.7 Å². The Hall–Kier alpha value is -3.82. The molecule has 1 aromatic heterocycles. The summed E-state index contributed by atoms with van der Waals surface area (Å²) in [5.41, 5.74) is 11.2. The van der Waals surface area contributed by atoms with E-state index < -0.39 is 35.4 Å². The van der Waals surface area contributed by atoms with Crippen LogP contribution >= 0.6 is 0 Å². The monoisotopic (exact) mass is 415 g/mol. The highest BCUT2D eigenvalue weighted by Gasteiger charge is 2.39. The molecule has 1 aliphatic heterocycles. The molecule has 4 N–H and O–H groups in total. The highest BCUT2D eigenvalue weighted by molar-refractivity contribution is 6.00. The average molecular weight is 415 g/mol. The molecule has 7 nitrogen and oxygen atoms in total. The minimum Gasteiger partial charge on any atom is -0.365 e. The number of aromatic nitrogens is 2. The molecule has 0 aliphatic carbocycles. The number of hydrogen-bond donors (Lipinski definition) is 2. The Morgan fingerprint density at radius 3 is 2.40 bits per heavy atom. The van der Waals surface area contributed by atoms with Crippen molar-refractivity contribution < 1.29 is 22.8 Å². The van der Waals surface area contributed by atoms with E-state index in [9.17, 15) is 22.8 Å². The molecule has 3 aromatic rings. The molecule has 0 bridgehead atoms. The molecule has 0 radical (unpaired) electrons. The predicted octanol–water partition coefficient (Wildman–Crippen LogP) is 2.55. The van der Waals surface area contributed by atoms with Crippen LogP contribution in [0.4, 0.5) is 18.0 Å². The van der Waals surface area contributed by atoms with Crippen LogP contribution in [0, 0.1) is 17.5 Å². The van der Waals surface area contributed by atoms with E-state index in [1.165, 1.54) is 28.9 Å². The number of primary amides is 2. The maximum atomic E-state index is 14.7. The highest BCUT2D eigenvalue weighted by atomic mass is 19.1. The number of halogens is 3. The number of rotatable bonds is 3. The van der Waals surface area contributed by atoms with E-state index in [1.807, 2.05) is 0 Å². The van der Waals surface area contributed by atoms with Gasteiger partial charge in [0.25, 0.3) is 5.91 Å². The van der Waals surface area contributed by atoms with E-state index in [0.717, 1.165) is 23.1 Å². The molecule has 1 atom stereocenters. The Morgan fingerprint density at radius 2 is 1.73 bits per heavy atom. The normalized spacial score (nSPS) is 15.7. The number of carbonyl (C=O) groups excluding carboxylic acids is 2. The Kier molecular flexibility index (Phi) is 4.69. The average Bonchev–Trinajstić information content (AvgIpc) is 3.09. The molecule has 1 aliphatic rings. The van der Waals surface area contributed by atoms with Crippen LogP contribution in [-0.2, 0) is 6.54 Å². The summed E-state index contributed by atoms with van der Waals surface area (Å²) >= 11 is 0. The van der Waals surface area contributed by atoms with Crippen LogP contribution in [0.3, 0.4) is 0 Å². The van der Waals surface area contributed by atoms with Crippen molar-refractivity contribution in [1.29, 1.82) is 0 Å². The van der Waals surface area contributed by atoms with Gasteiger partial charge < -0.3 is 16.4 Å². The summed E-state index contributed by atoms with van der Waals surface area (Å²) in [5.74, 6) is -3.01. The van der Waals surface area contributed by atoms with Crippen LogP contribution in [0.15, 0.2) is 42.5 Å². The number of fused-ring (bicyclic) bond motifs is 1. The first-order valence-corrected chi connectivity index (χ1v) is 8.95. The molecule has 0 saturated carbocycles. The number of urea groups is 1. The summed E-state index contributed by atoms with van der Waals surface area (Å²) < 4.78 is 43.7. The molecular weight excluding hydrogens is 399 g/mol. The van der Waals surface area contributed by atoms with E-state index in [0.29, 0.717) is 0 Å². The minimum atomic E-state index is -1.25. The fourth-order valence-electron chi connectivity index (χ4n) is 3.76. The Labute approximate surface area is 168 Å². The Bertz CT molecular complexity index is 1180. The van der Waals surface area contributed by atoms with Crippen molar-refractivity contribution in [3.05, 3.63) is 76.7 Å². The van der Waals surface area contributed by atoms with Gasteiger partial charge in [-0.2, -0.15) is 5.10 Å². The maximum absolute atomic E-state index is 14.7. The second-order valence-electron chi connectivity index (χ2n) is 6.81. The summed E-state index contributed by atoms with van der Waals surface area (Å²) in [4.78, 5) is 25.6. The molecule has 154 valence electrons. The van der Waals surface area contributed by atoms with Crippen molar-refractivity contribution in [2.24, 2.45) is 11.5 Å². The van der Waals surface area contributed by atoms with Crippen molar-refractivity contribution in [2.75, 3.05) is 6.54 Å². The van der Waals surface area contributed by atoms with Gasteiger partial charge in [0.15, 0.2) is 0 Å². The zero-order chi connectivity index (χ0) is 21.6. The second-order valence-corrected chi connectivity index (χ2v) is 6.81. The summed E-state index contributed by atoms with van der Waals surface area (Å²) in [6, 6.07) is 6.00. The van der Waals surface area contributed by atoms with E-state index in [-0.39, 0.29) is 41.2 Å². The van der Waals surface area contributed by atoms with Crippen LogP contribution in [0.2, 0.25) is 0 Å². The SMILES string of the molecule is NC(=O)c1c(-c2cccc(F)c2)nn2c1C(c1cc(F)ccc1F)N(C(N)=O)CC2. The summed E-state index contributed by atoms with van der Waals surface area (Å²) in [6.45, 7) is 0.159. The quantitative estimate of drug-likeness (QED) is 0.686. The third kappa shape index (κ3) is 3.15. The number of amides is 3. The highest BCUT2D eigenvalue weighted by Crippen LogP contribution is 2.39. The molecule has 1 unspecified atom stereocenters. The van der Waals surface area contributed by atoms with Crippen molar-refractivity contribution in [2.45, 2.75) is 12.6 Å². The van der Waals surface area contributed by atoms with Gasteiger partial charge in [-0.05, 0) is 30.3 Å². The van der Waals surface area contributed by atoms with Gasteiger partial charge in [-0.15, -0.1) is 0 Å². The van der Waals surface area contributed by atoms with Crippen molar-refractivity contribution in [3.8, 4) is 11.3 Å². The second kappa shape index (κ2) is 7.21. The summed E-state index contributed by atoms with van der Waals surface area (Å²) in [6.07, 6.45) is 0. The lowest BCUT2D eigenvalue weighted by molar-refractivity contribution is 0.0995. The van der Waals surface area contributed by atoms with Gasteiger partial charge in [0, 0.05) is 17.7 Å². The minimum absolute atomic E-state index is 0.0332. The molecule has 10 heteroatoms. The summed E-state index contributed by atoms with van der Waals surface area (Å²) in [5, 5.41) is 4.36. The number of benzene rings is 2. The van der Waals surface area contributed by atoms with Crippen molar-refractivity contribution >= 4 is 11.9 Å². The number of nitrogens with zero attached hydrogens (tertiary/aromatic N) is 3. The van der Waals surface area contributed by atoms with Gasteiger partial charge in [-0.1, -0.05) is 12.1 Å². The number of hydrogen-bond acceptors (Lipinski definition) is 3. The zero-order valence-electron chi connectivity index (χ0n) is 15.5. The first-order chi connectivity index (χ1) is 14.3. The smallest absolute Gasteiger partial charge is 0.315 e. The van der Waals surface area contributed by atoms with Gasteiger partial charge in [0.2, 0.25) is 0 Å². The topological polar surface area (TPSA) is 107 Å². The molecule has 2 heterocycles. The fourth-order valence-corrected chi connectivity index (χ4v) is 3.76. The largest absolute Gasteiger partial charge is 0.365 e. The maximum Gasteiger partial charge on any atom is 0.315 e. The van der Waals surface area contributed by atoms with E-state index in [1.54, 1.807) is 0 Å². The standard InChI is InChI=1S/C20H16F3N5O2/c21-11-3-1-2-10(8-11)16-15(19(24)29)18-17(13-9-12(22)4-5-14(13)23)27(20(25)30)6-7-28(18)26-16/h1-5,8-9,17H,6-7H2,(H2,24,29)(H2,25,30). The lowest BCUT2D eigenvalue weighted by Gasteiger charge is -2.35. The molecule has 2 aromatic carbocycles. The molecule has 0 fully saturated rings. The van der Waals surface area contributed by atoms with E-state index in [4.69, 9.17) is 11.5 Å². The van der Waals surface area contributed by atoms with Crippen molar-refractivity contribution in [1.82, 2.24) is 14.7 Å². The molecule has 30 heavy (non-hydrogen) atoms. The fraction of sp³-hybridized carbons (Fsp3) is 0.150. The van der Waals surface area contributed by atoms with E-state index in [2.05, 4.69) is 5.10 Å². The van der Waals surface area contributed by atoms with Crippen LogP contribution < -0.4 is 11.5 Å². The first-order valence-electron chi connectivity index (χ1n) is 8.95. The Morgan fingerprint density at radius 1 is 1.00 bits per heavy atom. The third-order valence-corrected chi connectivity index (χ3v) is 5.00. The predicted molar refractivity (Wildman–Crippen MR) is 101 cm³/mol. The first kappa shape index (κ1) is 19.5. The number of carbonyl (C=O) groups is 2. The van der Waals surface area contributed by atoms with Crippen LogP contribution in [0.5, 0.6) is 0 Å².